The lowest BCUT2D eigenvalue weighted by Gasteiger charge is -2.40. The predicted molar refractivity (Wildman–Crippen MR) is 143 cm³/mol. The Morgan fingerprint density at radius 1 is 1.08 bits per heavy atom. The fourth-order valence-corrected chi connectivity index (χ4v) is 5.64. The molecule has 2 aliphatic heterocycles. The summed E-state index contributed by atoms with van der Waals surface area (Å²) >= 11 is 1.72. The molecule has 0 saturated heterocycles. The van der Waals surface area contributed by atoms with Crippen LogP contribution in [0.25, 0.3) is 0 Å². The fraction of sp³-hybridized carbons (Fsp3) is 0.379. The molecule has 0 radical (unpaired) electrons. The van der Waals surface area contributed by atoms with Gasteiger partial charge < -0.3 is 24.0 Å². The molecule has 194 valence electrons. The van der Waals surface area contributed by atoms with Crippen molar-refractivity contribution in [2.45, 2.75) is 45.7 Å². The van der Waals surface area contributed by atoms with E-state index in [-0.39, 0.29) is 31.2 Å². The summed E-state index contributed by atoms with van der Waals surface area (Å²) in [5, 5.41) is 2.07. The second kappa shape index (κ2) is 10.1. The van der Waals surface area contributed by atoms with Gasteiger partial charge in [0.25, 0.3) is 5.91 Å². The molecule has 0 aliphatic carbocycles. The highest BCUT2D eigenvalue weighted by atomic mass is 32.1. The zero-order chi connectivity index (χ0) is 26.2. The Balaban J connectivity index is 1.36. The monoisotopic (exact) mass is 520 g/mol. The van der Waals surface area contributed by atoms with Crippen LogP contribution < -0.4 is 14.2 Å². The maximum absolute atomic E-state index is 13.8. The van der Waals surface area contributed by atoms with Crippen LogP contribution in [0.5, 0.6) is 17.2 Å². The maximum atomic E-state index is 13.8. The fourth-order valence-electron chi connectivity index (χ4n) is 4.71. The van der Waals surface area contributed by atoms with Gasteiger partial charge in [0.1, 0.15) is 18.9 Å². The summed E-state index contributed by atoms with van der Waals surface area (Å²) in [5.41, 5.74) is 2.18. The average Bonchev–Trinajstić information content (AvgIpc) is 3.54. The molecule has 1 aromatic heterocycles. The van der Waals surface area contributed by atoms with Gasteiger partial charge in [-0.2, -0.15) is 0 Å². The van der Waals surface area contributed by atoms with E-state index in [0.717, 1.165) is 23.3 Å². The number of hydrogen-bond donors (Lipinski definition) is 0. The Morgan fingerprint density at radius 2 is 1.84 bits per heavy atom. The molecule has 0 fully saturated rings. The largest absolute Gasteiger partial charge is 0.491 e. The van der Waals surface area contributed by atoms with E-state index in [1.54, 1.807) is 34.4 Å². The van der Waals surface area contributed by atoms with Crippen LogP contribution >= 0.6 is 11.3 Å². The molecule has 8 heteroatoms. The summed E-state index contributed by atoms with van der Waals surface area (Å²) in [4.78, 5) is 32.2. The quantitative estimate of drug-likeness (QED) is 0.445. The zero-order valence-electron chi connectivity index (χ0n) is 21.7. The van der Waals surface area contributed by atoms with Gasteiger partial charge in [0.05, 0.1) is 6.04 Å². The molecule has 2 aromatic carbocycles. The highest BCUT2D eigenvalue weighted by Gasteiger charge is 2.36. The number of fused-ring (bicyclic) bond motifs is 2. The minimum atomic E-state index is -0.569. The van der Waals surface area contributed by atoms with Crippen molar-refractivity contribution in [3.8, 4) is 17.2 Å². The molecule has 0 spiro atoms. The number of benzene rings is 2. The van der Waals surface area contributed by atoms with E-state index in [4.69, 9.17) is 14.2 Å². The molecule has 7 nitrogen and oxygen atoms in total. The Bertz CT molecular complexity index is 1290. The topological polar surface area (TPSA) is 68.3 Å². The van der Waals surface area contributed by atoms with E-state index < -0.39 is 5.54 Å². The Kier molecular flexibility index (Phi) is 6.86. The van der Waals surface area contributed by atoms with E-state index in [9.17, 15) is 9.59 Å². The van der Waals surface area contributed by atoms with E-state index in [1.165, 1.54) is 4.88 Å². The molecule has 1 atom stereocenters. The van der Waals surface area contributed by atoms with Crippen molar-refractivity contribution in [2.24, 2.45) is 0 Å². The minimum absolute atomic E-state index is 0.0305. The molecule has 37 heavy (non-hydrogen) atoms. The first-order chi connectivity index (χ1) is 17.7. The molecular weight excluding hydrogens is 488 g/mol. The number of rotatable bonds is 6. The standard InChI is InChI=1S/C29H32N2O5S/c1-19-5-8-21(9-6-19)34-17-23-22-12-14-37-26(22)11-13-30(23)27(32)16-31(29(2,3)4)28(33)20-7-10-24-25(15-20)36-18-35-24/h5-10,12,14-15,23H,11,13,16-18H2,1-4H3/t23-/m0/s1. The maximum Gasteiger partial charge on any atom is 0.254 e. The van der Waals surface area contributed by atoms with E-state index >= 15 is 0 Å². The number of hydrogen-bond acceptors (Lipinski definition) is 6. The van der Waals surface area contributed by atoms with Gasteiger partial charge in [0.15, 0.2) is 11.5 Å². The van der Waals surface area contributed by atoms with Crippen LogP contribution in [-0.2, 0) is 11.2 Å². The number of thiophene rings is 1. The first-order valence-corrected chi connectivity index (χ1v) is 13.4. The van der Waals surface area contributed by atoms with Crippen LogP contribution in [-0.4, -0.2) is 53.6 Å². The molecule has 0 bridgehead atoms. The number of amides is 2. The van der Waals surface area contributed by atoms with E-state index in [1.807, 2.05) is 56.9 Å². The summed E-state index contributed by atoms with van der Waals surface area (Å²) < 4.78 is 17.0. The summed E-state index contributed by atoms with van der Waals surface area (Å²) in [6, 6.07) is 14.9. The van der Waals surface area contributed by atoms with Gasteiger partial charge in [-0.15, -0.1) is 11.3 Å². The minimum Gasteiger partial charge on any atom is -0.491 e. The van der Waals surface area contributed by atoms with Crippen molar-refractivity contribution in [3.05, 3.63) is 75.5 Å². The van der Waals surface area contributed by atoms with Crippen molar-refractivity contribution < 1.29 is 23.8 Å². The van der Waals surface area contributed by atoms with Crippen LogP contribution in [0.1, 0.15) is 53.2 Å². The van der Waals surface area contributed by atoms with Crippen LogP contribution in [0.3, 0.4) is 0 Å². The lowest BCUT2D eigenvalue weighted by atomic mass is 9.99. The second-order valence-corrected chi connectivity index (χ2v) is 11.4. The van der Waals surface area contributed by atoms with Crippen molar-refractivity contribution in [1.29, 1.82) is 0 Å². The Hall–Kier alpha value is -3.52. The third-order valence-corrected chi connectivity index (χ3v) is 7.81. The third kappa shape index (κ3) is 5.30. The smallest absolute Gasteiger partial charge is 0.254 e. The Labute approximate surface area is 221 Å². The molecule has 0 saturated carbocycles. The summed E-state index contributed by atoms with van der Waals surface area (Å²) in [7, 11) is 0. The van der Waals surface area contributed by atoms with Gasteiger partial charge in [-0.25, -0.2) is 0 Å². The van der Waals surface area contributed by atoms with Crippen LogP contribution in [0.15, 0.2) is 53.9 Å². The van der Waals surface area contributed by atoms with Gasteiger partial charge in [0, 0.05) is 22.5 Å². The molecule has 0 N–H and O–H groups in total. The van der Waals surface area contributed by atoms with Crippen molar-refractivity contribution >= 4 is 23.2 Å². The number of aryl methyl sites for hydroxylation is 1. The average molecular weight is 521 g/mol. The van der Waals surface area contributed by atoms with Crippen molar-refractivity contribution in [3.63, 3.8) is 0 Å². The summed E-state index contributed by atoms with van der Waals surface area (Å²) in [6.07, 6.45) is 0.797. The zero-order valence-corrected chi connectivity index (χ0v) is 22.5. The highest BCUT2D eigenvalue weighted by molar-refractivity contribution is 7.10. The van der Waals surface area contributed by atoms with Crippen molar-refractivity contribution in [1.82, 2.24) is 9.80 Å². The van der Waals surface area contributed by atoms with E-state index in [0.29, 0.717) is 30.2 Å². The predicted octanol–water partition coefficient (Wildman–Crippen LogP) is 5.23. The number of carbonyl (C=O) groups excluding carboxylic acids is 2. The van der Waals surface area contributed by atoms with Crippen molar-refractivity contribution in [2.75, 3.05) is 26.5 Å². The normalized spacial score (nSPS) is 16.3. The number of ether oxygens (including phenoxy) is 3. The van der Waals surface area contributed by atoms with Gasteiger partial charge in [-0.3, -0.25) is 9.59 Å². The molecule has 2 amide bonds. The molecule has 2 aliphatic rings. The number of nitrogens with zero attached hydrogens (tertiary/aromatic N) is 2. The van der Waals surface area contributed by atoms with E-state index in [2.05, 4.69) is 11.4 Å². The number of carbonyl (C=O) groups is 2. The second-order valence-electron chi connectivity index (χ2n) is 10.4. The molecule has 5 rings (SSSR count). The third-order valence-electron chi connectivity index (χ3n) is 6.81. The SMILES string of the molecule is Cc1ccc(OC[C@H]2c3ccsc3CCN2C(=O)CN(C(=O)c2ccc3c(c2)OCO3)C(C)(C)C)cc1. The molecular formula is C29H32N2O5S. The highest BCUT2D eigenvalue weighted by Crippen LogP contribution is 2.35. The van der Waals surface area contributed by atoms with Crippen LogP contribution in [0.2, 0.25) is 0 Å². The Morgan fingerprint density at radius 3 is 2.59 bits per heavy atom. The summed E-state index contributed by atoms with van der Waals surface area (Å²) in [5.74, 6) is 1.61. The van der Waals surface area contributed by atoms with Gasteiger partial charge in [-0.05, 0) is 81.5 Å². The van der Waals surface area contributed by atoms with Gasteiger partial charge >= 0.3 is 0 Å². The van der Waals surface area contributed by atoms with Gasteiger partial charge in [-0.1, -0.05) is 17.7 Å². The molecule has 3 heterocycles. The lowest BCUT2D eigenvalue weighted by molar-refractivity contribution is -0.136. The molecule has 0 unspecified atom stereocenters. The lowest BCUT2D eigenvalue weighted by Crippen LogP contribution is -2.53. The molecule has 3 aromatic rings. The van der Waals surface area contributed by atoms with Gasteiger partial charge in [0.2, 0.25) is 12.7 Å². The summed E-state index contributed by atoms with van der Waals surface area (Å²) in [6.45, 7) is 8.91. The first-order valence-electron chi connectivity index (χ1n) is 12.5. The van der Waals surface area contributed by atoms with Crippen LogP contribution in [0.4, 0.5) is 0 Å². The van der Waals surface area contributed by atoms with Crippen LogP contribution in [0, 0.1) is 6.92 Å². The first kappa shape index (κ1) is 25.1.